The van der Waals surface area contributed by atoms with Gasteiger partial charge in [0.2, 0.25) is 0 Å². The second-order valence-corrected chi connectivity index (χ2v) is 11.9. The van der Waals surface area contributed by atoms with E-state index in [1.807, 2.05) is 11.8 Å². The monoisotopic (exact) mass is 587 g/mol. The molecule has 2 atom stereocenters. The first-order chi connectivity index (χ1) is 19.2. The zero-order valence-corrected chi connectivity index (χ0v) is 23.6. The van der Waals surface area contributed by atoms with Gasteiger partial charge in [-0.1, -0.05) is 119 Å². The molecule has 5 heteroatoms. The Labute approximate surface area is 241 Å². The molecular formula is C34H26BrN3S. The van der Waals surface area contributed by atoms with E-state index in [-0.39, 0.29) is 5.25 Å². The van der Waals surface area contributed by atoms with Crippen LogP contribution in [0.1, 0.15) is 28.4 Å². The molecule has 5 aromatic carbocycles. The summed E-state index contributed by atoms with van der Waals surface area (Å²) in [5.74, 6) is 0.950. The maximum atomic E-state index is 5.47. The number of amidine groups is 1. The summed E-state index contributed by atoms with van der Waals surface area (Å²) in [6.07, 6.45) is 0.821. The molecule has 7 rings (SSSR count). The minimum atomic E-state index is -0.597. The highest BCUT2D eigenvalue weighted by molar-refractivity contribution is 9.10. The largest absolute Gasteiger partial charge is 0.294 e. The average molecular weight is 589 g/mol. The fourth-order valence-corrected chi connectivity index (χ4v) is 7.52. The summed E-state index contributed by atoms with van der Waals surface area (Å²) >= 11 is 5.67. The molecule has 2 unspecified atom stereocenters. The molecule has 0 radical (unpaired) electrons. The number of anilines is 2. The molecular weight excluding hydrogens is 562 g/mol. The Balaban J connectivity index is 1.55. The lowest BCUT2D eigenvalue weighted by atomic mass is 9.88. The van der Waals surface area contributed by atoms with Crippen molar-refractivity contribution >= 4 is 44.9 Å². The number of fused-ring (bicyclic) bond motifs is 3. The van der Waals surface area contributed by atoms with Crippen molar-refractivity contribution in [3.05, 3.63) is 161 Å². The molecule has 39 heavy (non-hydrogen) atoms. The number of nitrogens with zero attached hydrogens (tertiary/aromatic N) is 3. The van der Waals surface area contributed by atoms with E-state index in [1.165, 1.54) is 21.7 Å². The molecule has 0 saturated carbocycles. The molecule has 2 heterocycles. The van der Waals surface area contributed by atoms with Crippen molar-refractivity contribution < 1.29 is 0 Å². The summed E-state index contributed by atoms with van der Waals surface area (Å²) in [4.78, 5) is 3.74. The van der Waals surface area contributed by atoms with Gasteiger partial charge in [0.15, 0.2) is 11.5 Å². The van der Waals surface area contributed by atoms with Gasteiger partial charge in [0.1, 0.15) is 0 Å². The zero-order valence-electron chi connectivity index (χ0n) is 21.2. The third-order valence-electron chi connectivity index (χ3n) is 7.46. The van der Waals surface area contributed by atoms with Crippen molar-refractivity contribution in [2.75, 3.05) is 9.91 Å². The number of hydrogen-bond acceptors (Lipinski definition) is 4. The normalized spacial score (nSPS) is 20.1. The van der Waals surface area contributed by atoms with Crippen LogP contribution in [-0.4, -0.2) is 5.84 Å². The summed E-state index contributed by atoms with van der Waals surface area (Å²) in [7, 11) is 0. The summed E-state index contributed by atoms with van der Waals surface area (Å²) in [5.41, 5.74) is 5.24. The fraction of sp³-hybridized carbons (Fsp3) is 0.0882. The van der Waals surface area contributed by atoms with Gasteiger partial charge in [-0.05, 0) is 42.0 Å². The number of benzene rings is 5. The van der Waals surface area contributed by atoms with Gasteiger partial charge in [-0.2, -0.15) is 5.10 Å². The van der Waals surface area contributed by atoms with Crippen LogP contribution in [0.2, 0.25) is 0 Å². The predicted octanol–water partition coefficient (Wildman–Crippen LogP) is 9.23. The lowest BCUT2D eigenvalue weighted by molar-refractivity contribution is 0.407. The number of para-hydroxylation sites is 2. The van der Waals surface area contributed by atoms with Crippen molar-refractivity contribution in [2.24, 2.45) is 5.10 Å². The van der Waals surface area contributed by atoms with Crippen LogP contribution in [-0.2, 0) is 5.66 Å². The van der Waals surface area contributed by atoms with Crippen LogP contribution in [0, 0.1) is 0 Å². The van der Waals surface area contributed by atoms with Crippen LogP contribution in [0.3, 0.4) is 0 Å². The van der Waals surface area contributed by atoms with E-state index < -0.39 is 5.66 Å². The van der Waals surface area contributed by atoms with Crippen LogP contribution >= 0.6 is 27.7 Å². The molecule has 5 aromatic rings. The van der Waals surface area contributed by atoms with E-state index in [0.717, 1.165) is 28.0 Å². The topological polar surface area (TPSA) is 18.8 Å². The van der Waals surface area contributed by atoms with E-state index >= 15 is 0 Å². The standard InChI is InChI=1S/C34H26BrN3S/c35-28-18-12-15-26(23-28)32-24-34(27-16-6-2-7-17-27)37(30-21-10-11-22-31(30)39-32)33(25-13-4-1-5-14-25)36-38(34)29-19-8-3-9-20-29/h1-23,32H,24H2. The maximum absolute atomic E-state index is 5.47. The number of hydrazone groups is 1. The van der Waals surface area contributed by atoms with Gasteiger partial charge in [0.25, 0.3) is 0 Å². The molecule has 0 bridgehead atoms. The van der Waals surface area contributed by atoms with E-state index in [4.69, 9.17) is 5.10 Å². The molecule has 190 valence electrons. The van der Waals surface area contributed by atoms with Gasteiger partial charge in [0, 0.05) is 32.2 Å². The van der Waals surface area contributed by atoms with Crippen LogP contribution in [0.4, 0.5) is 11.4 Å². The first kappa shape index (κ1) is 24.3. The molecule has 0 aliphatic carbocycles. The Morgan fingerprint density at radius 1 is 0.718 bits per heavy atom. The van der Waals surface area contributed by atoms with E-state index in [2.05, 4.69) is 165 Å². The second-order valence-electron chi connectivity index (χ2n) is 9.79. The zero-order chi connectivity index (χ0) is 26.2. The summed E-state index contributed by atoms with van der Waals surface area (Å²) in [6.45, 7) is 0. The number of halogens is 1. The summed E-state index contributed by atoms with van der Waals surface area (Å²) < 4.78 is 1.09. The van der Waals surface area contributed by atoms with Crippen LogP contribution in [0.5, 0.6) is 0 Å². The first-order valence-corrected chi connectivity index (χ1v) is 14.8. The van der Waals surface area contributed by atoms with Crippen molar-refractivity contribution in [2.45, 2.75) is 22.2 Å². The molecule has 3 nitrogen and oxygen atoms in total. The van der Waals surface area contributed by atoms with Crippen molar-refractivity contribution in [3.8, 4) is 0 Å². The maximum Gasteiger partial charge on any atom is 0.167 e. The third kappa shape index (κ3) is 4.17. The molecule has 2 aliphatic heterocycles. The van der Waals surface area contributed by atoms with Gasteiger partial charge in [-0.15, -0.1) is 11.8 Å². The van der Waals surface area contributed by atoms with E-state index in [1.54, 1.807) is 0 Å². The highest BCUT2D eigenvalue weighted by Crippen LogP contribution is 2.57. The van der Waals surface area contributed by atoms with E-state index in [9.17, 15) is 0 Å². The molecule has 0 saturated heterocycles. The first-order valence-electron chi connectivity index (χ1n) is 13.1. The Morgan fingerprint density at radius 3 is 2.13 bits per heavy atom. The van der Waals surface area contributed by atoms with Gasteiger partial charge >= 0.3 is 0 Å². The molecule has 0 spiro atoms. The molecule has 2 aliphatic rings. The molecule has 0 aromatic heterocycles. The van der Waals surface area contributed by atoms with Gasteiger partial charge in [-0.25, -0.2) is 5.01 Å². The van der Waals surface area contributed by atoms with Crippen LogP contribution in [0.25, 0.3) is 0 Å². The number of thioether (sulfide) groups is 1. The van der Waals surface area contributed by atoms with Crippen LogP contribution in [0.15, 0.2) is 154 Å². The smallest absolute Gasteiger partial charge is 0.167 e. The van der Waals surface area contributed by atoms with Gasteiger partial charge in [-0.3, -0.25) is 4.90 Å². The minimum absolute atomic E-state index is 0.186. The quantitative estimate of drug-likeness (QED) is 0.209. The molecule has 0 fully saturated rings. The Kier molecular flexibility index (Phi) is 6.26. The predicted molar refractivity (Wildman–Crippen MR) is 166 cm³/mol. The van der Waals surface area contributed by atoms with Gasteiger partial charge in [0.05, 0.1) is 11.4 Å². The number of rotatable bonds is 4. The third-order valence-corrected chi connectivity index (χ3v) is 9.28. The highest BCUT2D eigenvalue weighted by Gasteiger charge is 2.55. The summed E-state index contributed by atoms with van der Waals surface area (Å²) in [5, 5.41) is 7.91. The lowest BCUT2D eigenvalue weighted by Gasteiger charge is -2.45. The highest BCUT2D eigenvalue weighted by atomic mass is 79.9. The average Bonchev–Trinajstić information content (AvgIpc) is 3.25. The Bertz CT molecular complexity index is 1640. The molecule has 0 N–H and O–H groups in total. The second kappa shape index (κ2) is 10.1. The minimum Gasteiger partial charge on any atom is -0.294 e. The Hall–Kier alpha value is -3.80. The number of hydrogen-bond donors (Lipinski definition) is 0. The molecule has 0 amide bonds. The van der Waals surface area contributed by atoms with Crippen molar-refractivity contribution in [1.29, 1.82) is 0 Å². The fourth-order valence-electron chi connectivity index (χ4n) is 5.76. The Morgan fingerprint density at radius 2 is 1.38 bits per heavy atom. The van der Waals surface area contributed by atoms with Crippen LogP contribution < -0.4 is 9.91 Å². The summed E-state index contributed by atoms with van der Waals surface area (Å²) in [6, 6.07) is 49.6. The van der Waals surface area contributed by atoms with Crippen molar-refractivity contribution in [1.82, 2.24) is 0 Å². The van der Waals surface area contributed by atoms with E-state index in [0.29, 0.717) is 0 Å². The SMILES string of the molecule is Brc1cccc(C2CC3(c4ccccc4)N(c4ccccc4)N=C(c4ccccc4)N3c3ccccc3S2)c1. The van der Waals surface area contributed by atoms with Crippen molar-refractivity contribution in [3.63, 3.8) is 0 Å². The van der Waals surface area contributed by atoms with Gasteiger partial charge < -0.3 is 0 Å². The lowest BCUT2D eigenvalue weighted by Crippen LogP contribution is -2.54.